The number of nitrogens with zero attached hydrogens (tertiary/aromatic N) is 4. The number of alkyl carbamates (subject to hydrolysis) is 1. The number of benzene rings is 2. The number of aromatic nitrogens is 2. The number of ether oxygens (including phenoxy) is 2. The molecule has 0 unspecified atom stereocenters. The van der Waals surface area contributed by atoms with E-state index in [-0.39, 0.29) is 12.4 Å². The Morgan fingerprint density at radius 1 is 1.03 bits per heavy atom. The summed E-state index contributed by atoms with van der Waals surface area (Å²) in [5.41, 5.74) is 4.41. The van der Waals surface area contributed by atoms with Gasteiger partial charge in [-0.1, -0.05) is 49.2 Å². The smallest absolute Gasteiger partial charge is 0.408 e. The summed E-state index contributed by atoms with van der Waals surface area (Å²) < 4.78 is 11.0. The Balaban J connectivity index is 1.18. The Hall–Kier alpha value is -3.96. The Morgan fingerprint density at radius 2 is 1.69 bits per heavy atom. The molecule has 0 bridgehead atoms. The Morgan fingerprint density at radius 3 is 2.36 bits per heavy atom. The minimum atomic E-state index is -0.622. The van der Waals surface area contributed by atoms with Crippen molar-refractivity contribution in [2.24, 2.45) is 0 Å². The van der Waals surface area contributed by atoms with Gasteiger partial charge in [-0.25, -0.2) is 14.8 Å². The van der Waals surface area contributed by atoms with Crippen molar-refractivity contribution in [3.63, 3.8) is 0 Å². The fourth-order valence-electron chi connectivity index (χ4n) is 4.96. The van der Waals surface area contributed by atoms with Gasteiger partial charge in [0.2, 0.25) is 5.82 Å². The molecule has 3 aromatic rings. The molecule has 8 heteroatoms. The zero-order chi connectivity index (χ0) is 24.8. The third-order valence-electron chi connectivity index (χ3n) is 6.95. The molecule has 0 spiro atoms. The van der Waals surface area contributed by atoms with Crippen LogP contribution in [0.3, 0.4) is 0 Å². The molecule has 5 rings (SSSR count). The van der Waals surface area contributed by atoms with Crippen molar-refractivity contribution >= 4 is 11.8 Å². The zero-order valence-corrected chi connectivity index (χ0v) is 20.2. The lowest BCUT2D eigenvalue weighted by Crippen LogP contribution is -2.44. The van der Waals surface area contributed by atoms with Crippen molar-refractivity contribution in [2.75, 3.05) is 31.2 Å². The number of nitriles is 1. The number of carbonyl (C=O) groups is 1. The lowest BCUT2D eigenvalue weighted by atomic mass is 9.93. The largest absolute Gasteiger partial charge is 0.445 e. The summed E-state index contributed by atoms with van der Waals surface area (Å²) in [5, 5.41) is 12.2. The maximum absolute atomic E-state index is 12.7. The first-order valence-electron chi connectivity index (χ1n) is 12.4. The third-order valence-corrected chi connectivity index (χ3v) is 6.95. The number of morpholine rings is 1. The Kier molecular flexibility index (Phi) is 7.10. The van der Waals surface area contributed by atoms with E-state index in [4.69, 9.17) is 14.7 Å². The molecule has 8 nitrogen and oxygen atoms in total. The molecule has 2 aromatic carbocycles. The van der Waals surface area contributed by atoms with Crippen LogP contribution < -0.4 is 10.2 Å². The summed E-state index contributed by atoms with van der Waals surface area (Å²) in [6.07, 6.45) is 4.52. The van der Waals surface area contributed by atoms with Crippen LogP contribution in [0, 0.1) is 11.3 Å². The third kappa shape index (κ3) is 5.31. The van der Waals surface area contributed by atoms with Gasteiger partial charge in [0.05, 0.1) is 24.4 Å². The number of carbonyl (C=O) groups excluding carboxylic acids is 1. The normalized spacial score (nSPS) is 16.8. The average Bonchev–Trinajstić information content (AvgIpc) is 3.42. The molecule has 2 aliphatic rings. The zero-order valence-electron chi connectivity index (χ0n) is 20.2. The summed E-state index contributed by atoms with van der Waals surface area (Å²) in [7, 11) is 0. The van der Waals surface area contributed by atoms with Gasteiger partial charge in [0, 0.05) is 25.0 Å². The lowest BCUT2D eigenvalue weighted by molar-refractivity contribution is 0.122. The van der Waals surface area contributed by atoms with Gasteiger partial charge in [0.25, 0.3) is 0 Å². The summed E-state index contributed by atoms with van der Waals surface area (Å²) in [6, 6.07) is 20.4. The molecule has 0 atom stereocenters. The van der Waals surface area contributed by atoms with E-state index >= 15 is 0 Å². The Labute approximate surface area is 210 Å². The number of nitrogens with one attached hydrogen (secondary N) is 1. The second-order valence-corrected chi connectivity index (χ2v) is 9.21. The topological polar surface area (TPSA) is 100 Å². The van der Waals surface area contributed by atoms with Gasteiger partial charge in [-0.2, -0.15) is 5.26 Å². The van der Waals surface area contributed by atoms with Crippen LogP contribution in [0.15, 0.2) is 60.8 Å². The molecule has 1 N–H and O–H groups in total. The van der Waals surface area contributed by atoms with Crippen molar-refractivity contribution in [2.45, 2.75) is 37.8 Å². The van der Waals surface area contributed by atoms with Gasteiger partial charge in [0.1, 0.15) is 12.7 Å². The molecular weight excluding hydrogens is 454 g/mol. The van der Waals surface area contributed by atoms with Crippen molar-refractivity contribution in [1.29, 1.82) is 5.26 Å². The molecule has 2 heterocycles. The number of amides is 1. The molecule has 1 aliphatic heterocycles. The van der Waals surface area contributed by atoms with Crippen LogP contribution in [-0.2, 0) is 21.6 Å². The maximum Gasteiger partial charge on any atom is 0.408 e. The molecule has 36 heavy (non-hydrogen) atoms. The average molecular weight is 484 g/mol. The monoisotopic (exact) mass is 483 g/mol. The van der Waals surface area contributed by atoms with Crippen LogP contribution in [0.2, 0.25) is 0 Å². The van der Waals surface area contributed by atoms with Crippen molar-refractivity contribution < 1.29 is 14.3 Å². The first kappa shape index (κ1) is 23.8. The summed E-state index contributed by atoms with van der Waals surface area (Å²) in [5.74, 6) is 0.102. The highest BCUT2D eigenvalue weighted by atomic mass is 16.5. The second kappa shape index (κ2) is 10.8. The van der Waals surface area contributed by atoms with E-state index in [1.807, 2.05) is 30.3 Å². The quantitative estimate of drug-likeness (QED) is 0.549. The molecule has 1 amide bonds. The fourth-order valence-corrected chi connectivity index (χ4v) is 4.96. The van der Waals surface area contributed by atoms with Gasteiger partial charge in [-0.15, -0.1) is 0 Å². The number of rotatable bonds is 6. The lowest BCUT2D eigenvalue weighted by Gasteiger charge is -2.29. The van der Waals surface area contributed by atoms with E-state index in [1.54, 1.807) is 12.3 Å². The molecule has 0 radical (unpaired) electrons. The minimum Gasteiger partial charge on any atom is -0.445 e. The number of anilines is 1. The predicted octanol–water partition coefficient (Wildman–Crippen LogP) is 4.55. The van der Waals surface area contributed by atoms with Crippen LogP contribution in [0.4, 0.5) is 10.5 Å². The highest BCUT2D eigenvalue weighted by Crippen LogP contribution is 2.38. The highest BCUT2D eigenvalue weighted by Gasteiger charge is 2.39. The van der Waals surface area contributed by atoms with Crippen LogP contribution in [0.5, 0.6) is 0 Å². The van der Waals surface area contributed by atoms with Crippen molar-refractivity contribution in [3.05, 3.63) is 77.9 Å². The van der Waals surface area contributed by atoms with Crippen LogP contribution in [-0.4, -0.2) is 42.4 Å². The van der Waals surface area contributed by atoms with E-state index < -0.39 is 11.6 Å². The molecule has 1 aromatic heterocycles. The molecule has 1 saturated heterocycles. The van der Waals surface area contributed by atoms with Crippen molar-refractivity contribution in [1.82, 2.24) is 15.3 Å². The van der Waals surface area contributed by atoms with Crippen LogP contribution in [0.25, 0.3) is 11.1 Å². The van der Waals surface area contributed by atoms with Gasteiger partial charge in [-0.3, -0.25) is 0 Å². The first-order valence-corrected chi connectivity index (χ1v) is 12.4. The summed E-state index contributed by atoms with van der Waals surface area (Å²) in [4.78, 5) is 23.3. The molecule has 2 fully saturated rings. The predicted molar refractivity (Wildman–Crippen MR) is 135 cm³/mol. The van der Waals surface area contributed by atoms with E-state index in [1.165, 1.54) is 5.69 Å². The summed E-state index contributed by atoms with van der Waals surface area (Å²) >= 11 is 0. The number of hydrogen-bond donors (Lipinski definition) is 1. The van der Waals surface area contributed by atoms with Gasteiger partial charge >= 0.3 is 6.09 Å². The van der Waals surface area contributed by atoms with Crippen molar-refractivity contribution in [3.8, 4) is 17.2 Å². The summed E-state index contributed by atoms with van der Waals surface area (Å²) in [6.45, 7) is 3.55. The van der Waals surface area contributed by atoms with E-state index in [0.29, 0.717) is 5.69 Å². The van der Waals surface area contributed by atoms with E-state index in [9.17, 15) is 4.79 Å². The standard InChI is InChI=1S/C28H29N5O3/c29-19-26-30-14-11-25(31-26)28(12-1-2-13-28)32-27(34)36-20-21-3-5-22(6-4-21)23-7-9-24(10-8-23)33-15-17-35-18-16-33/h3-11,14H,1-2,12-13,15-18,20H2,(H,32,34). The fraction of sp³-hybridized carbons (Fsp3) is 0.357. The minimum absolute atomic E-state index is 0.102. The van der Waals surface area contributed by atoms with Gasteiger partial charge in [-0.05, 0) is 47.7 Å². The maximum atomic E-state index is 12.7. The molecule has 1 saturated carbocycles. The highest BCUT2D eigenvalue weighted by molar-refractivity contribution is 5.69. The Bertz CT molecular complexity index is 1230. The van der Waals surface area contributed by atoms with Gasteiger partial charge < -0.3 is 19.7 Å². The molecule has 1 aliphatic carbocycles. The van der Waals surface area contributed by atoms with Gasteiger partial charge in [0.15, 0.2) is 0 Å². The second-order valence-electron chi connectivity index (χ2n) is 9.21. The molecule has 184 valence electrons. The van der Waals surface area contributed by atoms with Crippen LogP contribution in [0.1, 0.15) is 42.8 Å². The molecular formula is C28H29N5O3. The first-order chi connectivity index (χ1) is 17.6. The van der Waals surface area contributed by atoms with Crippen LogP contribution >= 0.6 is 0 Å². The number of hydrogen-bond acceptors (Lipinski definition) is 7. The van der Waals surface area contributed by atoms with E-state index in [0.717, 1.165) is 68.7 Å². The van der Waals surface area contributed by atoms with E-state index in [2.05, 4.69) is 44.5 Å². The SMILES string of the molecule is N#Cc1nccc(C2(NC(=O)OCc3ccc(-c4ccc(N5CCOCC5)cc4)cc3)CCCC2)n1.